The fourth-order valence-electron chi connectivity index (χ4n) is 0.491. The maximum absolute atomic E-state index is 11.9. The number of quaternary nitrogens is 1. The molecule has 0 atom stereocenters. The maximum Gasteiger partial charge on any atom is 0.221 e. The van der Waals surface area contributed by atoms with Crippen LogP contribution < -0.4 is 0 Å². The molecule has 0 aromatic carbocycles. The van der Waals surface area contributed by atoms with Crippen LogP contribution in [0.15, 0.2) is 0 Å². The van der Waals surface area contributed by atoms with E-state index in [0.29, 0.717) is 0 Å². The van der Waals surface area contributed by atoms with Crippen molar-refractivity contribution >= 4 is 0 Å². The molecule has 0 unspecified atom stereocenters. The molecule has 0 aliphatic carbocycles. The second kappa shape index (κ2) is 3.10. The van der Waals surface area contributed by atoms with Gasteiger partial charge in [0.25, 0.3) is 0 Å². The van der Waals surface area contributed by atoms with Crippen molar-refractivity contribution in [2.45, 2.75) is 6.29 Å². The lowest BCUT2D eigenvalue weighted by Crippen LogP contribution is -2.44. The molecule has 4 heteroatoms. The van der Waals surface area contributed by atoms with Crippen LogP contribution >= 0.6 is 0 Å². The highest BCUT2D eigenvalue weighted by Crippen LogP contribution is 1.97. The zero-order chi connectivity index (χ0) is 7.49. The SMILES string of the molecule is C[N+](C)(CF)CC(O)O. The van der Waals surface area contributed by atoms with Gasteiger partial charge in [0, 0.05) is 0 Å². The molecule has 0 amide bonds. The van der Waals surface area contributed by atoms with Crippen molar-refractivity contribution in [3.8, 4) is 0 Å². The van der Waals surface area contributed by atoms with Crippen molar-refractivity contribution in [2.75, 3.05) is 27.4 Å². The molecule has 0 bridgehead atoms. The summed E-state index contributed by atoms with van der Waals surface area (Å²) in [6, 6.07) is 0. The number of hydrogen-bond acceptors (Lipinski definition) is 2. The van der Waals surface area contributed by atoms with Gasteiger partial charge in [-0.3, -0.25) is 4.48 Å². The number of aliphatic hydroxyl groups is 2. The average molecular weight is 138 g/mol. The van der Waals surface area contributed by atoms with Gasteiger partial charge in [0.1, 0.15) is 6.54 Å². The first kappa shape index (κ1) is 8.81. The first-order chi connectivity index (χ1) is 3.98. The predicted molar refractivity (Wildman–Crippen MR) is 31.2 cm³/mol. The van der Waals surface area contributed by atoms with Crippen molar-refractivity contribution < 1.29 is 19.1 Å². The van der Waals surface area contributed by atoms with Crippen LogP contribution in [0.25, 0.3) is 0 Å². The van der Waals surface area contributed by atoms with Gasteiger partial charge >= 0.3 is 0 Å². The molecular formula is C5H13FNO2+. The average Bonchev–Trinajstić information content (AvgIpc) is 1.63. The Hall–Kier alpha value is -0.190. The topological polar surface area (TPSA) is 40.5 Å². The summed E-state index contributed by atoms with van der Waals surface area (Å²) in [6.07, 6.45) is -1.42. The Bertz CT molecular complexity index is 85.0. The summed E-state index contributed by atoms with van der Waals surface area (Å²) < 4.78 is 11.9. The highest BCUT2D eigenvalue weighted by atomic mass is 19.1. The molecule has 0 saturated carbocycles. The molecule has 0 aliphatic heterocycles. The molecule has 0 saturated heterocycles. The highest BCUT2D eigenvalue weighted by molar-refractivity contribution is 4.30. The fraction of sp³-hybridized carbons (Fsp3) is 1.00. The third kappa shape index (κ3) is 4.32. The Morgan fingerprint density at radius 3 is 2.00 bits per heavy atom. The van der Waals surface area contributed by atoms with E-state index in [1.54, 1.807) is 14.1 Å². The lowest BCUT2D eigenvalue weighted by atomic mass is 10.5. The molecular weight excluding hydrogens is 125 g/mol. The van der Waals surface area contributed by atoms with Crippen LogP contribution in [0.5, 0.6) is 0 Å². The van der Waals surface area contributed by atoms with Gasteiger partial charge in [-0.05, 0) is 0 Å². The molecule has 3 nitrogen and oxygen atoms in total. The monoisotopic (exact) mass is 138 g/mol. The van der Waals surface area contributed by atoms with Gasteiger partial charge in [0.05, 0.1) is 14.1 Å². The standard InChI is InChI=1S/C5H13FNO2/c1-7(2,4-6)3-5(8)9/h5,8-9H,3-4H2,1-2H3/q+1. The minimum Gasteiger partial charge on any atom is -0.364 e. The molecule has 0 radical (unpaired) electrons. The Kier molecular flexibility index (Phi) is 3.03. The van der Waals surface area contributed by atoms with Crippen molar-refractivity contribution in [1.29, 1.82) is 0 Å². The van der Waals surface area contributed by atoms with E-state index in [2.05, 4.69) is 0 Å². The van der Waals surface area contributed by atoms with E-state index < -0.39 is 13.1 Å². The van der Waals surface area contributed by atoms with E-state index in [9.17, 15) is 4.39 Å². The van der Waals surface area contributed by atoms with Crippen LogP contribution in [0, 0.1) is 0 Å². The largest absolute Gasteiger partial charge is 0.364 e. The number of aliphatic hydroxyl groups excluding tert-OH is 1. The molecule has 2 N–H and O–H groups in total. The van der Waals surface area contributed by atoms with Crippen LogP contribution in [0.1, 0.15) is 0 Å². The van der Waals surface area contributed by atoms with E-state index in [1.165, 1.54) is 0 Å². The summed E-state index contributed by atoms with van der Waals surface area (Å²) >= 11 is 0. The Morgan fingerprint density at radius 2 is 1.89 bits per heavy atom. The van der Waals surface area contributed by atoms with Gasteiger partial charge in [0.15, 0.2) is 0 Å². The minimum atomic E-state index is -1.42. The van der Waals surface area contributed by atoms with Gasteiger partial charge in [-0.25, -0.2) is 0 Å². The van der Waals surface area contributed by atoms with Crippen LogP contribution in [0.2, 0.25) is 0 Å². The van der Waals surface area contributed by atoms with E-state index in [0.717, 1.165) is 0 Å². The number of rotatable bonds is 3. The zero-order valence-corrected chi connectivity index (χ0v) is 5.71. The lowest BCUT2D eigenvalue weighted by Gasteiger charge is -2.25. The number of likely N-dealkylation sites (N-methyl/N-ethyl adjacent to an activating group) is 1. The quantitative estimate of drug-likeness (QED) is 0.307. The summed E-state index contributed by atoms with van der Waals surface area (Å²) in [7, 11) is 3.17. The lowest BCUT2D eigenvalue weighted by molar-refractivity contribution is -0.908. The first-order valence-corrected chi connectivity index (χ1v) is 2.72. The van der Waals surface area contributed by atoms with Gasteiger partial charge in [-0.2, -0.15) is 4.39 Å². The normalized spacial score (nSPS) is 12.7. The predicted octanol–water partition coefficient (Wildman–Crippen LogP) is -0.700. The molecule has 56 valence electrons. The van der Waals surface area contributed by atoms with Gasteiger partial charge < -0.3 is 10.2 Å². The Balaban J connectivity index is 3.58. The number of nitrogens with zero attached hydrogens (tertiary/aromatic N) is 1. The van der Waals surface area contributed by atoms with Crippen molar-refractivity contribution in [3.05, 3.63) is 0 Å². The summed E-state index contributed by atoms with van der Waals surface area (Å²) in [5, 5.41) is 16.8. The van der Waals surface area contributed by atoms with Crippen molar-refractivity contribution in [3.63, 3.8) is 0 Å². The van der Waals surface area contributed by atoms with E-state index in [4.69, 9.17) is 10.2 Å². The zero-order valence-electron chi connectivity index (χ0n) is 5.71. The van der Waals surface area contributed by atoms with Crippen molar-refractivity contribution in [1.82, 2.24) is 0 Å². The number of halogens is 1. The second-order valence-corrected chi connectivity index (χ2v) is 2.72. The molecule has 9 heavy (non-hydrogen) atoms. The highest BCUT2D eigenvalue weighted by Gasteiger charge is 2.17. The van der Waals surface area contributed by atoms with Gasteiger partial charge in [-0.15, -0.1) is 0 Å². The van der Waals surface area contributed by atoms with E-state index in [-0.39, 0.29) is 11.0 Å². The number of alkyl halides is 1. The fourth-order valence-corrected chi connectivity index (χ4v) is 0.491. The van der Waals surface area contributed by atoms with Gasteiger partial charge in [-0.1, -0.05) is 0 Å². The van der Waals surface area contributed by atoms with Crippen molar-refractivity contribution in [2.24, 2.45) is 0 Å². The molecule has 0 fully saturated rings. The molecule has 0 aromatic heterocycles. The van der Waals surface area contributed by atoms with Crippen LogP contribution in [0.4, 0.5) is 4.39 Å². The van der Waals surface area contributed by atoms with Crippen LogP contribution in [0.3, 0.4) is 0 Å². The molecule has 0 spiro atoms. The Labute approximate surface area is 53.9 Å². The van der Waals surface area contributed by atoms with Crippen LogP contribution in [-0.2, 0) is 0 Å². The smallest absolute Gasteiger partial charge is 0.221 e. The summed E-state index contributed by atoms with van der Waals surface area (Å²) in [6.45, 7) is -0.561. The summed E-state index contributed by atoms with van der Waals surface area (Å²) in [5.41, 5.74) is 0. The third-order valence-corrected chi connectivity index (χ3v) is 0.981. The third-order valence-electron chi connectivity index (χ3n) is 0.981. The number of hydrogen-bond donors (Lipinski definition) is 2. The van der Waals surface area contributed by atoms with Crippen LogP contribution in [-0.4, -0.2) is 48.4 Å². The Morgan fingerprint density at radius 1 is 1.44 bits per heavy atom. The summed E-state index contributed by atoms with van der Waals surface area (Å²) in [5.74, 6) is 0. The van der Waals surface area contributed by atoms with Gasteiger partial charge in [0.2, 0.25) is 13.1 Å². The minimum absolute atomic E-state index is 0.0162. The van der Waals surface area contributed by atoms with E-state index in [1.807, 2.05) is 0 Å². The molecule has 0 aliphatic rings. The first-order valence-electron chi connectivity index (χ1n) is 2.72. The maximum atomic E-state index is 11.9. The summed E-state index contributed by atoms with van der Waals surface area (Å²) in [4.78, 5) is 0. The molecule has 0 heterocycles. The molecule has 0 aromatic rings. The van der Waals surface area contributed by atoms with E-state index >= 15 is 0 Å². The second-order valence-electron chi connectivity index (χ2n) is 2.72. The molecule has 0 rings (SSSR count).